The van der Waals surface area contributed by atoms with E-state index >= 15 is 0 Å². The number of benzene rings is 1. The molecule has 2 aromatic rings. The molecule has 4 nitrogen and oxygen atoms in total. The van der Waals surface area contributed by atoms with Crippen molar-refractivity contribution in [3.63, 3.8) is 0 Å². The Morgan fingerprint density at radius 1 is 0.955 bits per heavy atom. The SMILES string of the molecule is CCCCCNc1cc(Nc2c(C)cccc2C)nc(C)n1. The van der Waals surface area contributed by atoms with Gasteiger partial charge < -0.3 is 10.6 Å². The van der Waals surface area contributed by atoms with Crippen molar-refractivity contribution in [2.45, 2.75) is 47.0 Å². The highest BCUT2D eigenvalue weighted by Crippen LogP contribution is 2.24. The molecule has 4 heteroatoms. The fourth-order valence-corrected chi connectivity index (χ4v) is 2.45. The highest BCUT2D eigenvalue weighted by Gasteiger charge is 2.06. The fourth-order valence-electron chi connectivity index (χ4n) is 2.45. The van der Waals surface area contributed by atoms with Crippen LogP contribution < -0.4 is 10.6 Å². The van der Waals surface area contributed by atoms with E-state index in [-0.39, 0.29) is 0 Å². The van der Waals surface area contributed by atoms with Gasteiger partial charge in [0.1, 0.15) is 17.5 Å². The Kier molecular flexibility index (Phi) is 5.75. The molecular weight excluding hydrogens is 272 g/mol. The van der Waals surface area contributed by atoms with E-state index in [9.17, 15) is 0 Å². The largest absolute Gasteiger partial charge is 0.370 e. The molecule has 1 aromatic heterocycles. The molecule has 1 aromatic carbocycles. The summed E-state index contributed by atoms with van der Waals surface area (Å²) in [6.07, 6.45) is 3.63. The molecule has 0 unspecified atom stereocenters. The number of para-hydroxylation sites is 1. The van der Waals surface area contributed by atoms with E-state index in [1.165, 1.54) is 30.4 Å². The first-order valence-corrected chi connectivity index (χ1v) is 8.03. The van der Waals surface area contributed by atoms with Crippen molar-refractivity contribution in [3.05, 3.63) is 41.2 Å². The number of anilines is 3. The highest BCUT2D eigenvalue weighted by molar-refractivity contribution is 5.65. The lowest BCUT2D eigenvalue weighted by atomic mass is 10.1. The molecule has 2 N–H and O–H groups in total. The smallest absolute Gasteiger partial charge is 0.136 e. The van der Waals surface area contributed by atoms with Crippen molar-refractivity contribution in [2.24, 2.45) is 0 Å². The Bertz CT molecular complexity index is 602. The maximum absolute atomic E-state index is 4.49. The van der Waals surface area contributed by atoms with Crippen LogP contribution in [0.1, 0.15) is 43.1 Å². The molecule has 22 heavy (non-hydrogen) atoms. The Labute approximate surface area is 133 Å². The fraction of sp³-hybridized carbons (Fsp3) is 0.444. The number of unbranched alkanes of at least 4 members (excludes halogenated alkanes) is 2. The number of hydrogen-bond donors (Lipinski definition) is 2. The van der Waals surface area contributed by atoms with Crippen molar-refractivity contribution in [2.75, 3.05) is 17.2 Å². The van der Waals surface area contributed by atoms with Crippen molar-refractivity contribution in [3.8, 4) is 0 Å². The number of aromatic nitrogens is 2. The minimum Gasteiger partial charge on any atom is -0.370 e. The Balaban J connectivity index is 2.12. The molecule has 0 aliphatic carbocycles. The second kappa shape index (κ2) is 7.78. The van der Waals surface area contributed by atoms with Crippen LogP contribution in [0.5, 0.6) is 0 Å². The summed E-state index contributed by atoms with van der Waals surface area (Å²) in [4.78, 5) is 8.95. The van der Waals surface area contributed by atoms with Gasteiger partial charge in [0, 0.05) is 18.3 Å². The molecule has 0 fully saturated rings. The Hall–Kier alpha value is -2.10. The molecule has 0 saturated heterocycles. The number of nitrogens with zero attached hydrogens (tertiary/aromatic N) is 2. The maximum atomic E-state index is 4.49. The van der Waals surface area contributed by atoms with Crippen LogP contribution in [0.4, 0.5) is 17.3 Å². The molecule has 0 atom stereocenters. The van der Waals surface area contributed by atoms with Crippen LogP contribution in [0, 0.1) is 20.8 Å². The van der Waals surface area contributed by atoms with E-state index in [0.29, 0.717) is 0 Å². The van der Waals surface area contributed by atoms with Gasteiger partial charge >= 0.3 is 0 Å². The zero-order valence-electron chi connectivity index (χ0n) is 14.0. The van der Waals surface area contributed by atoms with E-state index in [1.807, 2.05) is 13.0 Å². The third-order valence-corrected chi connectivity index (χ3v) is 3.66. The third-order valence-electron chi connectivity index (χ3n) is 3.66. The number of hydrogen-bond acceptors (Lipinski definition) is 4. The molecule has 1 heterocycles. The quantitative estimate of drug-likeness (QED) is 0.724. The molecule has 0 saturated carbocycles. The highest BCUT2D eigenvalue weighted by atomic mass is 15.1. The predicted molar refractivity (Wildman–Crippen MR) is 94.0 cm³/mol. The van der Waals surface area contributed by atoms with Gasteiger partial charge in [-0.3, -0.25) is 0 Å². The lowest BCUT2D eigenvalue weighted by Gasteiger charge is -2.13. The summed E-state index contributed by atoms with van der Waals surface area (Å²) >= 11 is 0. The minimum atomic E-state index is 0.772. The molecule has 0 spiro atoms. The predicted octanol–water partition coefficient (Wildman–Crippen LogP) is 4.75. The molecule has 2 rings (SSSR count). The molecule has 118 valence electrons. The molecule has 0 amide bonds. The average Bonchev–Trinajstić information content (AvgIpc) is 2.47. The summed E-state index contributed by atoms with van der Waals surface area (Å²) in [5, 5.41) is 6.82. The minimum absolute atomic E-state index is 0.772. The van der Waals surface area contributed by atoms with Crippen LogP contribution in [0.15, 0.2) is 24.3 Å². The van der Waals surface area contributed by atoms with E-state index in [4.69, 9.17) is 0 Å². The van der Waals surface area contributed by atoms with Crippen molar-refractivity contribution in [1.82, 2.24) is 9.97 Å². The number of aryl methyl sites for hydroxylation is 3. The number of nitrogens with one attached hydrogen (secondary N) is 2. The van der Waals surface area contributed by atoms with Gasteiger partial charge in [-0.05, 0) is 38.3 Å². The first-order valence-electron chi connectivity index (χ1n) is 8.03. The van der Waals surface area contributed by atoms with Gasteiger partial charge in [0.05, 0.1) is 0 Å². The zero-order valence-corrected chi connectivity index (χ0v) is 14.0. The summed E-state index contributed by atoms with van der Waals surface area (Å²) in [6, 6.07) is 8.26. The third kappa shape index (κ3) is 4.45. The van der Waals surface area contributed by atoms with Crippen LogP contribution in [0.25, 0.3) is 0 Å². The standard InChI is InChI=1S/C18H26N4/c1-5-6-7-11-19-16-12-17(21-15(4)20-16)22-18-13(2)9-8-10-14(18)3/h8-10,12H,5-7,11H2,1-4H3,(H2,19,20,21,22). The van der Waals surface area contributed by atoms with Crippen LogP contribution in [-0.4, -0.2) is 16.5 Å². The lowest BCUT2D eigenvalue weighted by molar-refractivity contribution is 0.742. The first-order chi connectivity index (χ1) is 10.6. The molecule has 0 bridgehead atoms. The Morgan fingerprint density at radius 2 is 1.64 bits per heavy atom. The summed E-state index contributed by atoms with van der Waals surface area (Å²) in [7, 11) is 0. The normalized spacial score (nSPS) is 10.5. The summed E-state index contributed by atoms with van der Waals surface area (Å²) < 4.78 is 0. The van der Waals surface area contributed by atoms with Crippen LogP contribution in [0.2, 0.25) is 0 Å². The van der Waals surface area contributed by atoms with Gasteiger partial charge in [0.25, 0.3) is 0 Å². The molecule has 0 aliphatic heterocycles. The van der Waals surface area contributed by atoms with Gasteiger partial charge in [0.2, 0.25) is 0 Å². The summed E-state index contributed by atoms with van der Waals surface area (Å²) in [5.74, 6) is 2.49. The van der Waals surface area contributed by atoms with Gasteiger partial charge in [0.15, 0.2) is 0 Å². The van der Waals surface area contributed by atoms with E-state index < -0.39 is 0 Å². The van der Waals surface area contributed by atoms with Crippen LogP contribution >= 0.6 is 0 Å². The van der Waals surface area contributed by atoms with Gasteiger partial charge in [-0.2, -0.15) is 0 Å². The van der Waals surface area contributed by atoms with E-state index in [2.05, 4.69) is 59.6 Å². The zero-order chi connectivity index (χ0) is 15.9. The first kappa shape index (κ1) is 16.3. The number of rotatable bonds is 7. The maximum Gasteiger partial charge on any atom is 0.136 e. The Morgan fingerprint density at radius 3 is 2.32 bits per heavy atom. The van der Waals surface area contributed by atoms with Crippen molar-refractivity contribution >= 4 is 17.3 Å². The summed E-state index contributed by atoms with van der Waals surface area (Å²) in [5.41, 5.74) is 3.56. The second-order valence-corrected chi connectivity index (χ2v) is 5.71. The van der Waals surface area contributed by atoms with Crippen molar-refractivity contribution in [1.29, 1.82) is 0 Å². The lowest BCUT2D eigenvalue weighted by Crippen LogP contribution is -2.07. The topological polar surface area (TPSA) is 49.8 Å². The monoisotopic (exact) mass is 298 g/mol. The summed E-state index contributed by atoms with van der Waals surface area (Å²) in [6.45, 7) is 9.29. The van der Waals surface area contributed by atoms with Crippen molar-refractivity contribution < 1.29 is 0 Å². The molecule has 0 radical (unpaired) electrons. The second-order valence-electron chi connectivity index (χ2n) is 5.71. The molecule has 0 aliphatic rings. The van der Waals surface area contributed by atoms with Gasteiger partial charge in [-0.25, -0.2) is 9.97 Å². The van der Waals surface area contributed by atoms with Gasteiger partial charge in [-0.1, -0.05) is 38.0 Å². The van der Waals surface area contributed by atoms with Gasteiger partial charge in [-0.15, -0.1) is 0 Å². The molecular formula is C18H26N4. The average molecular weight is 298 g/mol. The van der Waals surface area contributed by atoms with E-state index in [0.717, 1.165) is 29.7 Å². The van der Waals surface area contributed by atoms with Crippen LogP contribution in [-0.2, 0) is 0 Å². The van der Waals surface area contributed by atoms with E-state index in [1.54, 1.807) is 0 Å². The van der Waals surface area contributed by atoms with Crippen LogP contribution in [0.3, 0.4) is 0 Å².